The number of methoxy groups -OCH3 is 1. The smallest absolute Gasteiger partial charge is 0.337 e. The third kappa shape index (κ3) is 6.06. The first-order valence-corrected chi connectivity index (χ1v) is 11.8. The lowest BCUT2D eigenvalue weighted by atomic mass is 10.1. The number of esters is 1. The van der Waals surface area contributed by atoms with Crippen molar-refractivity contribution >= 4 is 35.2 Å². The molecule has 0 atom stereocenters. The van der Waals surface area contributed by atoms with E-state index in [1.807, 2.05) is 18.2 Å². The molecule has 0 aliphatic heterocycles. The third-order valence-corrected chi connectivity index (χ3v) is 6.29. The highest BCUT2D eigenvalue weighted by Crippen LogP contribution is 2.39. The van der Waals surface area contributed by atoms with Crippen LogP contribution in [0.3, 0.4) is 0 Å². The summed E-state index contributed by atoms with van der Waals surface area (Å²) < 4.78 is 12.6. The molecule has 10 heteroatoms. The molecule has 1 aromatic heterocycles. The fourth-order valence-corrected chi connectivity index (χ4v) is 4.21. The fourth-order valence-electron chi connectivity index (χ4n) is 3.17. The number of ether oxygens (including phenoxy) is 2. The van der Waals surface area contributed by atoms with Crippen LogP contribution in [0.1, 0.15) is 40.6 Å². The highest BCUT2D eigenvalue weighted by Gasteiger charge is 2.30. The van der Waals surface area contributed by atoms with Gasteiger partial charge in [-0.2, -0.15) is 0 Å². The molecular weight excluding hydrogens is 464 g/mol. The molecule has 0 radical (unpaired) electrons. The molecule has 1 fully saturated rings. The zero-order valence-corrected chi connectivity index (χ0v) is 19.6. The van der Waals surface area contributed by atoms with Gasteiger partial charge < -0.3 is 14.8 Å². The Morgan fingerprint density at radius 1 is 1.15 bits per heavy atom. The Kier molecular flexibility index (Phi) is 7.51. The first-order valence-electron chi connectivity index (χ1n) is 10.4. The lowest BCUT2D eigenvalue weighted by molar-refractivity contribution is -0.118. The molecule has 3 aromatic rings. The van der Waals surface area contributed by atoms with Gasteiger partial charge in [0.15, 0.2) is 11.0 Å². The summed E-state index contributed by atoms with van der Waals surface area (Å²) in [5, 5.41) is 12.7. The van der Waals surface area contributed by atoms with Gasteiger partial charge in [-0.05, 0) is 42.7 Å². The summed E-state index contributed by atoms with van der Waals surface area (Å²) >= 11 is 7.51. The molecule has 1 amide bonds. The molecule has 1 aliphatic rings. The van der Waals surface area contributed by atoms with E-state index >= 15 is 0 Å². The minimum atomic E-state index is -0.390. The summed E-state index contributed by atoms with van der Waals surface area (Å²) in [6.45, 7) is 0.620. The van der Waals surface area contributed by atoms with Crippen LogP contribution in [-0.4, -0.2) is 39.5 Å². The van der Waals surface area contributed by atoms with E-state index in [9.17, 15) is 9.59 Å². The van der Waals surface area contributed by atoms with Crippen LogP contribution < -0.4 is 10.1 Å². The van der Waals surface area contributed by atoms with E-state index in [2.05, 4.69) is 24.8 Å². The third-order valence-electron chi connectivity index (χ3n) is 5.04. The minimum absolute atomic E-state index is 0.115. The standard InChI is InChI=1S/C23H23ClN4O4S/c1-31-22(30)16-8-6-15(7-9-16)12-25-21(29)14-33-23-27-26-20(28(23)17-10-11-17)13-32-19-5-3-2-4-18(19)24/h2-9,17H,10-14H2,1H3,(H,25,29). The fraction of sp³-hybridized carbons (Fsp3) is 0.304. The molecule has 1 saturated carbocycles. The molecule has 1 heterocycles. The SMILES string of the molecule is COC(=O)c1ccc(CNC(=O)CSc2nnc(COc3ccccc3Cl)n2C2CC2)cc1. The van der Waals surface area contributed by atoms with Gasteiger partial charge in [0.1, 0.15) is 12.4 Å². The van der Waals surface area contributed by atoms with Crippen molar-refractivity contribution in [2.75, 3.05) is 12.9 Å². The number of nitrogens with zero attached hydrogens (tertiary/aromatic N) is 3. The predicted octanol–water partition coefficient (Wildman–Crippen LogP) is 4.04. The van der Waals surface area contributed by atoms with Crippen LogP contribution in [0.15, 0.2) is 53.7 Å². The van der Waals surface area contributed by atoms with Crippen molar-refractivity contribution < 1.29 is 19.1 Å². The molecule has 0 unspecified atom stereocenters. The number of nitrogens with one attached hydrogen (secondary N) is 1. The molecule has 2 aromatic carbocycles. The normalized spacial score (nSPS) is 12.9. The van der Waals surface area contributed by atoms with Gasteiger partial charge in [0.25, 0.3) is 0 Å². The van der Waals surface area contributed by atoms with Crippen molar-refractivity contribution in [3.63, 3.8) is 0 Å². The largest absolute Gasteiger partial charge is 0.484 e. The van der Waals surface area contributed by atoms with Crippen LogP contribution in [-0.2, 0) is 22.7 Å². The quantitative estimate of drug-likeness (QED) is 0.341. The number of rotatable bonds is 10. The second kappa shape index (κ2) is 10.7. The van der Waals surface area contributed by atoms with E-state index in [1.165, 1.54) is 18.9 Å². The zero-order valence-electron chi connectivity index (χ0n) is 18.0. The molecule has 1 aliphatic carbocycles. The van der Waals surface area contributed by atoms with Crippen LogP contribution in [0.5, 0.6) is 5.75 Å². The minimum Gasteiger partial charge on any atom is -0.484 e. The van der Waals surface area contributed by atoms with E-state index in [-0.39, 0.29) is 18.3 Å². The van der Waals surface area contributed by atoms with Gasteiger partial charge in [0, 0.05) is 12.6 Å². The lowest BCUT2D eigenvalue weighted by Crippen LogP contribution is -2.24. The van der Waals surface area contributed by atoms with Gasteiger partial charge in [-0.15, -0.1) is 10.2 Å². The summed E-state index contributed by atoms with van der Waals surface area (Å²) in [7, 11) is 1.34. The van der Waals surface area contributed by atoms with Gasteiger partial charge in [0.05, 0.1) is 23.4 Å². The Bertz CT molecular complexity index is 1130. The van der Waals surface area contributed by atoms with Crippen molar-refractivity contribution in [2.24, 2.45) is 0 Å². The Morgan fingerprint density at radius 2 is 1.91 bits per heavy atom. The molecular formula is C23H23ClN4O4S. The van der Waals surface area contributed by atoms with Crippen molar-refractivity contribution in [3.05, 3.63) is 70.5 Å². The average molecular weight is 487 g/mol. The van der Waals surface area contributed by atoms with E-state index in [4.69, 9.17) is 16.3 Å². The Balaban J connectivity index is 1.30. The number of amides is 1. The average Bonchev–Trinajstić information content (AvgIpc) is 3.60. The maximum absolute atomic E-state index is 12.4. The lowest BCUT2D eigenvalue weighted by Gasteiger charge is -2.11. The van der Waals surface area contributed by atoms with Gasteiger partial charge in [-0.1, -0.05) is 47.6 Å². The van der Waals surface area contributed by atoms with E-state index in [0.717, 1.165) is 18.4 Å². The van der Waals surface area contributed by atoms with Crippen LogP contribution in [0, 0.1) is 0 Å². The van der Waals surface area contributed by atoms with Crippen molar-refractivity contribution in [3.8, 4) is 5.75 Å². The number of aromatic nitrogens is 3. The predicted molar refractivity (Wildman–Crippen MR) is 124 cm³/mol. The number of carbonyl (C=O) groups is 2. The van der Waals surface area contributed by atoms with Gasteiger partial charge >= 0.3 is 5.97 Å². The number of hydrogen-bond donors (Lipinski definition) is 1. The van der Waals surface area contributed by atoms with Crippen molar-refractivity contribution in [2.45, 2.75) is 37.2 Å². The van der Waals surface area contributed by atoms with Gasteiger partial charge in [-0.3, -0.25) is 9.36 Å². The number of halogens is 1. The zero-order chi connectivity index (χ0) is 23.2. The van der Waals surface area contributed by atoms with Crippen LogP contribution in [0.4, 0.5) is 0 Å². The summed E-state index contributed by atoms with van der Waals surface area (Å²) in [5.74, 6) is 1.02. The number of para-hydroxylation sites is 1. The Hall–Kier alpha value is -3.04. The molecule has 172 valence electrons. The van der Waals surface area contributed by atoms with Crippen LogP contribution >= 0.6 is 23.4 Å². The first-order chi connectivity index (χ1) is 16.0. The maximum atomic E-state index is 12.4. The van der Waals surface area contributed by atoms with Crippen molar-refractivity contribution in [1.29, 1.82) is 0 Å². The summed E-state index contributed by atoms with van der Waals surface area (Å²) in [4.78, 5) is 23.9. The topological polar surface area (TPSA) is 95.3 Å². The van der Waals surface area contributed by atoms with Crippen molar-refractivity contribution in [1.82, 2.24) is 20.1 Å². The van der Waals surface area contributed by atoms with E-state index in [0.29, 0.717) is 39.9 Å². The molecule has 0 bridgehead atoms. The molecule has 0 saturated heterocycles. The maximum Gasteiger partial charge on any atom is 0.337 e. The highest BCUT2D eigenvalue weighted by molar-refractivity contribution is 7.99. The van der Waals surface area contributed by atoms with Crippen LogP contribution in [0.25, 0.3) is 0 Å². The highest BCUT2D eigenvalue weighted by atomic mass is 35.5. The molecule has 1 N–H and O–H groups in total. The Morgan fingerprint density at radius 3 is 2.61 bits per heavy atom. The number of carbonyl (C=O) groups excluding carboxylic acids is 2. The summed E-state index contributed by atoms with van der Waals surface area (Å²) in [5.41, 5.74) is 1.36. The number of thioether (sulfide) groups is 1. The molecule has 8 nitrogen and oxygen atoms in total. The monoisotopic (exact) mass is 486 g/mol. The first kappa shape index (κ1) is 23.1. The number of hydrogen-bond acceptors (Lipinski definition) is 7. The van der Waals surface area contributed by atoms with E-state index < -0.39 is 5.97 Å². The number of benzene rings is 2. The molecule has 0 spiro atoms. The summed E-state index contributed by atoms with van der Waals surface area (Å²) in [6, 6.07) is 14.5. The Labute approximate surface area is 200 Å². The van der Waals surface area contributed by atoms with E-state index in [1.54, 1.807) is 30.3 Å². The molecule has 33 heavy (non-hydrogen) atoms. The van der Waals surface area contributed by atoms with Gasteiger partial charge in [0.2, 0.25) is 5.91 Å². The summed E-state index contributed by atoms with van der Waals surface area (Å²) in [6.07, 6.45) is 2.11. The second-order valence-corrected chi connectivity index (χ2v) is 8.82. The molecule has 4 rings (SSSR count). The van der Waals surface area contributed by atoms with Crippen LogP contribution in [0.2, 0.25) is 5.02 Å². The van der Waals surface area contributed by atoms with Gasteiger partial charge in [-0.25, -0.2) is 4.79 Å². The second-order valence-electron chi connectivity index (χ2n) is 7.47.